The molecule has 0 N–H and O–H groups in total. The summed E-state index contributed by atoms with van der Waals surface area (Å²) in [6.07, 6.45) is 3.69. The van der Waals surface area contributed by atoms with Gasteiger partial charge in [0, 0.05) is 23.5 Å². The number of pyridine rings is 1. The number of hydrogen-bond acceptors (Lipinski definition) is 6. The third kappa shape index (κ3) is 5.27. The fourth-order valence-corrected chi connectivity index (χ4v) is 3.23. The van der Waals surface area contributed by atoms with Crippen LogP contribution in [-0.2, 0) is 16.0 Å². The number of carbonyl (C=O) groups is 2. The van der Waals surface area contributed by atoms with Crippen LogP contribution in [0.25, 0.3) is 5.82 Å². The highest BCUT2D eigenvalue weighted by Crippen LogP contribution is 2.20. The van der Waals surface area contributed by atoms with Gasteiger partial charge < -0.3 is 9.64 Å². The molecule has 0 aliphatic carbocycles. The second kappa shape index (κ2) is 10.4. The van der Waals surface area contributed by atoms with Crippen LogP contribution in [0.5, 0.6) is 0 Å². The van der Waals surface area contributed by atoms with E-state index < -0.39 is 18.5 Å². The van der Waals surface area contributed by atoms with Gasteiger partial charge in [-0.3, -0.25) is 4.79 Å². The van der Waals surface area contributed by atoms with Crippen LogP contribution in [0.2, 0.25) is 5.02 Å². The van der Waals surface area contributed by atoms with Crippen molar-refractivity contribution in [3.63, 3.8) is 0 Å². The lowest BCUT2D eigenvalue weighted by molar-refractivity contribution is -0.121. The molecule has 0 saturated heterocycles. The molecule has 0 fully saturated rings. The van der Waals surface area contributed by atoms with E-state index >= 15 is 0 Å². The molecule has 1 amide bonds. The number of halogens is 1. The molecule has 0 radical (unpaired) electrons. The first-order valence-corrected chi connectivity index (χ1v) is 10.0. The van der Waals surface area contributed by atoms with Crippen molar-refractivity contribution in [1.29, 1.82) is 5.26 Å². The highest BCUT2D eigenvalue weighted by atomic mass is 35.5. The Morgan fingerprint density at radius 1 is 1.26 bits per heavy atom. The molecule has 1 aromatic carbocycles. The number of amides is 1. The molecule has 9 heteroatoms. The predicted octanol–water partition coefficient (Wildman–Crippen LogP) is 3.59. The zero-order valence-electron chi connectivity index (χ0n) is 16.9. The maximum absolute atomic E-state index is 12.7. The van der Waals surface area contributed by atoms with Gasteiger partial charge >= 0.3 is 5.97 Å². The van der Waals surface area contributed by atoms with Crippen LogP contribution in [0.3, 0.4) is 0 Å². The van der Waals surface area contributed by atoms with Crippen molar-refractivity contribution in [3.8, 4) is 11.9 Å². The number of aromatic nitrogens is 3. The molecule has 2 heterocycles. The van der Waals surface area contributed by atoms with Gasteiger partial charge in [0.2, 0.25) is 0 Å². The summed E-state index contributed by atoms with van der Waals surface area (Å²) in [6.45, 7) is 1.57. The smallest absolute Gasteiger partial charge is 0.342 e. The molecule has 0 aliphatic rings. The largest absolute Gasteiger partial charge is 0.452 e. The maximum atomic E-state index is 12.7. The quantitative estimate of drug-likeness (QED) is 0.499. The summed E-state index contributed by atoms with van der Waals surface area (Å²) >= 11 is 6.02. The molecule has 158 valence electrons. The van der Waals surface area contributed by atoms with Crippen molar-refractivity contribution in [2.24, 2.45) is 0 Å². The lowest BCUT2D eigenvalue weighted by atomic mass is 10.2. The van der Waals surface area contributed by atoms with Gasteiger partial charge in [-0.05, 0) is 36.8 Å². The van der Waals surface area contributed by atoms with E-state index in [2.05, 4.69) is 10.1 Å². The first-order valence-electron chi connectivity index (χ1n) is 9.63. The van der Waals surface area contributed by atoms with Crippen LogP contribution in [0.15, 0.2) is 54.9 Å². The number of rotatable bonds is 8. The van der Waals surface area contributed by atoms with E-state index in [0.717, 1.165) is 0 Å². The summed E-state index contributed by atoms with van der Waals surface area (Å²) in [5.41, 5.74) is 1.43. The van der Waals surface area contributed by atoms with Crippen LogP contribution in [0.4, 0.5) is 5.69 Å². The van der Waals surface area contributed by atoms with Crippen molar-refractivity contribution < 1.29 is 14.3 Å². The fourth-order valence-electron chi connectivity index (χ4n) is 3.05. The summed E-state index contributed by atoms with van der Waals surface area (Å²) in [6, 6.07) is 14.1. The average Bonchev–Trinajstić information content (AvgIpc) is 3.22. The van der Waals surface area contributed by atoms with E-state index in [4.69, 9.17) is 21.6 Å². The van der Waals surface area contributed by atoms with Crippen molar-refractivity contribution in [2.45, 2.75) is 19.8 Å². The summed E-state index contributed by atoms with van der Waals surface area (Å²) in [5.74, 6) is -0.530. The van der Waals surface area contributed by atoms with Gasteiger partial charge in [0.25, 0.3) is 5.91 Å². The van der Waals surface area contributed by atoms with E-state index in [0.29, 0.717) is 28.6 Å². The second-order valence-electron chi connectivity index (χ2n) is 6.47. The van der Waals surface area contributed by atoms with E-state index in [1.165, 1.54) is 11.1 Å². The molecular weight excluding hydrogens is 418 g/mol. The predicted molar refractivity (Wildman–Crippen MR) is 115 cm³/mol. The number of nitriles is 1. The molecule has 0 spiro atoms. The lowest BCUT2D eigenvalue weighted by Gasteiger charge is -2.21. The minimum Gasteiger partial charge on any atom is -0.452 e. The third-order valence-electron chi connectivity index (χ3n) is 4.48. The Balaban J connectivity index is 1.74. The van der Waals surface area contributed by atoms with Crippen molar-refractivity contribution >= 4 is 29.2 Å². The number of esters is 1. The van der Waals surface area contributed by atoms with E-state index in [-0.39, 0.29) is 18.5 Å². The van der Waals surface area contributed by atoms with Crippen molar-refractivity contribution in [2.75, 3.05) is 18.1 Å². The molecule has 0 saturated carbocycles. The first-order chi connectivity index (χ1) is 15.0. The van der Waals surface area contributed by atoms with Gasteiger partial charge in [0.05, 0.1) is 24.4 Å². The normalized spacial score (nSPS) is 10.4. The van der Waals surface area contributed by atoms with Crippen molar-refractivity contribution in [1.82, 2.24) is 14.8 Å². The third-order valence-corrected chi connectivity index (χ3v) is 4.72. The Morgan fingerprint density at radius 3 is 2.77 bits per heavy atom. The van der Waals surface area contributed by atoms with Gasteiger partial charge in [-0.2, -0.15) is 10.4 Å². The van der Waals surface area contributed by atoms with Gasteiger partial charge in [-0.25, -0.2) is 14.5 Å². The van der Waals surface area contributed by atoms with E-state index in [1.54, 1.807) is 47.3 Å². The van der Waals surface area contributed by atoms with Crippen LogP contribution in [-0.4, -0.2) is 39.8 Å². The zero-order chi connectivity index (χ0) is 22.2. The van der Waals surface area contributed by atoms with E-state index in [9.17, 15) is 9.59 Å². The number of ether oxygens (including phenoxy) is 1. The molecule has 3 rings (SSSR count). The van der Waals surface area contributed by atoms with Gasteiger partial charge in [0.1, 0.15) is 5.56 Å². The molecule has 0 atom stereocenters. The van der Waals surface area contributed by atoms with Crippen LogP contribution < -0.4 is 4.90 Å². The van der Waals surface area contributed by atoms with Crippen LogP contribution >= 0.6 is 11.6 Å². The molecule has 31 heavy (non-hydrogen) atoms. The Morgan fingerprint density at radius 2 is 2.10 bits per heavy atom. The first kappa shape index (κ1) is 22.0. The van der Waals surface area contributed by atoms with E-state index in [1.807, 2.05) is 19.1 Å². The Bertz CT molecular complexity index is 1110. The number of hydrogen-bond donors (Lipinski definition) is 0. The van der Waals surface area contributed by atoms with Crippen LogP contribution in [0, 0.1) is 11.3 Å². The molecular formula is C22H20ClN5O3. The highest BCUT2D eigenvalue weighted by molar-refractivity contribution is 6.30. The SMILES string of the molecule is CCc1c(C(=O)OCC(=O)N(CCC#N)c2cccc(Cl)c2)cnn1-c1ccccn1. The fraction of sp³-hybridized carbons (Fsp3) is 0.227. The molecule has 8 nitrogen and oxygen atoms in total. The standard InChI is InChI=1S/C22H20ClN5O3/c1-2-19-18(14-26-28(19)20-9-3-4-11-25-20)22(30)31-15-21(29)27(12-6-10-24)17-8-5-7-16(23)13-17/h3-5,7-9,11,13-14H,2,6,12,15H2,1H3. The Labute approximate surface area is 184 Å². The Hall–Kier alpha value is -3.70. The lowest BCUT2D eigenvalue weighted by Crippen LogP contribution is -2.35. The molecule has 0 unspecified atom stereocenters. The Kier molecular flexibility index (Phi) is 7.35. The second-order valence-corrected chi connectivity index (χ2v) is 6.90. The molecule has 0 bridgehead atoms. The topological polar surface area (TPSA) is 101 Å². The molecule has 3 aromatic rings. The number of benzene rings is 1. The summed E-state index contributed by atoms with van der Waals surface area (Å²) in [7, 11) is 0. The maximum Gasteiger partial charge on any atom is 0.342 e. The number of carbonyl (C=O) groups excluding carboxylic acids is 2. The van der Waals surface area contributed by atoms with Gasteiger partial charge in [0.15, 0.2) is 12.4 Å². The monoisotopic (exact) mass is 437 g/mol. The minimum absolute atomic E-state index is 0.128. The van der Waals surface area contributed by atoms with Crippen LogP contribution in [0.1, 0.15) is 29.4 Å². The van der Waals surface area contributed by atoms with Crippen molar-refractivity contribution in [3.05, 3.63) is 71.1 Å². The summed E-state index contributed by atoms with van der Waals surface area (Å²) < 4.78 is 6.85. The minimum atomic E-state index is -0.654. The molecule has 0 aliphatic heterocycles. The molecule has 2 aromatic heterocycles. The summed E-state index contributed by atoms with van der Waals surface area (Å²) in [4.78, 5) is 31.0. The van der Waals surface area contributed by atoms with Gasteiger partial charge in [-0.1, -0.05) is 30.7 Å². The average molecular weight is 438 g/mol. The van der Waals surface area contributed by atoms with Gasteiger partial charge in [-0.15, -0.1) is 0 Å². The highest BCUT2D eigenvalue weighted by Gasteiger charge is 2.22. The summed E-state index contributed by atoms with van der Waals surface area (Å²) in [5, 5.41) is 13.6. The number of nitrogens with zero attached hydrogens (tertiary/aromatic N) is 5. The zero-order valence-corrected chi connectivity index (χ0v) is 17.6. The number of anilines is 1.